The number of anilines is 1. The van der Waals surface area contributed by atoms with Gasteiger partial charge in [-0.2, -0.15) is 0 Å². The fraction of sp³-hybridized carbons (Fsp3) is 0.227. The zero-order valence-corrected chi connectivity index (χ0v) is 17.7. The van der Waals surface area contributed by atoms with Crippen LogP contribution in [0.4, 0.5) is 5.69 Å². The maximum absolute atomic E-state index is 12.6. The average Bonchev–Trinajstić information content (AvgIpc) is 3.03. The van der Waals surface area contributed by atoms with E-state index in [1.807, 2.05) is 12.1 Å². The molecule has 0 radical (unpaired) electrons. The molecule has 0 spiro atoms. The fourth-order valence-electron chi connectivity index (χ4n) is 3.37. The Morgan fingerprint density at radius 3 is 2.63 bits per heavy atom. The fourth-order valence-corrected chi connectivity index (χ4v) is 3.75. The summed E-state index contributed by atoms with van der Waals surface area (Å²) in [6, 6.07) is 13.6. The number of pyridine rings is 1. The van der Waals surface area contributed by atoms with Crippen LogP contribution in [0.3, 0.4) is 0 Å². The molecule has 0 aliphatic carbocycles. The number of aromatic amines is 1. The van der Waals surface area contributed by atoms with E-state index < -0.39 is 11.5 Å². The first-order valence-corrected chi connectivity index (χ1v) is 10.4. The number of ether oxygens (including phenoxy) is 1. The zero-order chi connectivity index (χ0) is 21.1. The van der Waals surface area contributed by atoms with Crippen LogP contribution in [-0.4, -0.2) is 48.0 Å². The summed E-state index contributed by atoms with van der Waals surface area (Å²) in [5, 5.41) is 3.47. The van der Waals surface area contributed by atoms with Crippen LogP contribution < -0.4 is 10.9 Å². The van der Waals surface area contributed by atoms with Gasteiger partial charge in [0.15, 0.2) is 0 Å². The van der Waals surface area contributed by atoms with Gasteiger partial charge in [-0.1, -0.05) is 15.9 Å². The molecule has 1 aliphatic rings. The van der Waals surface area contributed by atoms with Gasteiger partial charge in [0.25, 0.3) is 17.4 Å². The van der Waals surface area contributed by atoms with Crippen molar-refractivity contribution in [1.29, 1.82) is 0 Å². The van der Waals surface area contributed by atoms with Crippen LogP contribution in [0.25, 0.3) is 10.9 Å². The van der Waals surface area contributed by atoms with Gasteiger partial charge in [0, 0.05) is 46.3 Å². The van der Waals surface area contributed by atoms with Gasteiger partial charge in [-0.15, -0.1) is 0 Å². The second-order valence-electron chi connectivity index (χ2n) is 7.03. The van der Waals surface area contributed by atoms with E-state index in [0.29, 0.717) is 43.1 Å². The van der Waals surface area contributed by atoms with Crippen molar-refractivity contribution >= 4 is 44.3 Å². The summed E-state index contributed by atoms with van der Waals surface area (Å²) in [5.41, 5.74) is 1.26. The summed E-state index contributed by atoms with van der Waals surface area (Å²) in [5.74, 6) is -0.572. The van der Waals surface area contributed by atoms with Crippen molar-refractivity contribution in [2.75, 3.05) is 31.6 Å². The zero-order valence-electron chi connectivity index (χ0n) is 16.1. The molecule has 1 aromatic heterocycles. The Labute approximate surface area is 181 Å². The molecule has 8 heteroatoms. The Morgan fingerprint density at radius 2 is 1.83 bits per heavy atom. The number of halogens is 1. The minimum Gasteiger partial charge on any atom is -0.380 e. The number of H-pyrrole nitrogens is 1. The third-order valence-electron chi connectivity index (χ3n) is 4.95. The normalized spacial score (nSPS) is 14.4. The summed E-state index contributed by atoms with van der Waals surface area (Å²) in [6.45, 7) is 2.44. The molecule has 0 atom stereocenters. The van der Waals surface area contributed by atoms with E-state index in [1.165, 1.54) is 0 Å². The molecule has 1 fully saturated rings. The first-order valence-electron chi connectivity index (χ1n) is 9.62. The SMILES string of the molecule is O=C(Nc1ccc(C(=O)N2CCCOCC2)cc1)c1cc2cc(Br)ccc2[nH]c1=O. The standard InChI is InChI=1S/C22H20BrN3O4/c23-16-4-7-19-15(12-16)13-18(21(28)25-19)20(27)24-17-5-2-14(3-6-17)22(29)26-8-1-10-30-11-9-26/h2-7,12-13H,1,8-11H2,(H,24,27)(H,25,28). The van der Waals surface area contributed by atoms with Crippen LogP contribution in [0.5, 0.6) is 0 Å². The Bertz CT molecular complexity index is 1150. The first kappa shape index (κ1) is 20.3. The highest BCUT2D eigenvalue weighted by Gasteiger charge is 2.18. The van der Waals surface area contributed by atoms with E-state index >= 15 is 0 Å². The Kier molecular flexibility index (Phi) is 5.96. The summed E-state index contributed by atoms with van der Waals surface area (Å²) in [7, 11) is 0. The molecule has 30 heavy (non-hydrogen) atoms. The highest BCUT2D eigenvalue weighted by Crippen LogP contribution is 2.19. The quantitative estimate of drug-likeness (QED) is 0.614. The van der Waals surface area contributed by atoms with Gasteiger partial charge in [0.05, 0.1) is 6.61 Å². The van der Waals surface area contributed by atoms with Crippen molar-refractivity contribution in [1.82, 2.24) is 9.88 Å². The van der Waals surface area contributed by atoms with Crippen LogP contribution in [0.1, 0.15) is 27.1 Å². The van der Waals surface area contributed by atoms with Crippen molar-refractivity contribution in [3.8, 4) is 0 Å². The molecule has 1 saturated heterocycles. The third-order valence-corrected chi connectivity index (χ3v) is 5.44. The minimum absolute atomic E-state index is 0.0188. The Morgan fingerprint density at radius 1 is 1.03 bits per heavy atom. The smallest absolute Gasteiger partial charge is 0.261 e. The van der Waals surface area contributed by atoms with E-state index in [2.05, 4.69) is 26.2 Å². The van der Waals surface area contributed by atoms with Crippen molar-refractivity contribution in [3.63, 3.8) is 0 Å². The van der Waals surface area contributed by atoms with Crippen molar-refractivity contribution < 1.29 is 14.3 Å². The molecule has 2 amide bonds. The molecule has 0 saturated carbocycles. The highest BCUT2D eigenvalue weighted by atomic mass is 79.9. The van der Waals surface area contributed by atoms with E-state index in [1.54, 1.807) is 41.3 Å². The predicted molar refractivity (Wildman–Crippen MR) is 118 cm³/mol. The number of hydrogen-bond acceptors (Lipinski definition) is 4. The molecule has 3 aromatic rings. The topological polar surface area (TPSA) is 91.5 Å². The summed E-state index contributed by atoms with van der Waals surface area (Å²) in [6.07, 6.45) is 0.816. The number of amides is 2. The Balaban J connectivity index is 1.50. The average molecular weight is 470 g/mol. The van der Waals surface area contributed by atoms with Crippen LogP contribution in [0.15, 0.2) is 57.8 Å². The molecule has 0 unspecified atom stereocenters. The molecule has 2 N–H and O–H groups in total. The predicted octanol–water partition coefficient (Wildman–Crippen LogP) is 3.41. The second kappa shape index (κ2) is 8.81. The van der Waals surface area contributed by atoms with Crippen molar-refractivity contribution in [2.24, 2.45) is 0 Å². The van der Waals surface area contributed by atoms with Crippen molar-refractivity contribution in [3.05, 3.63) is 74.5 Å². The largest absolute Gasteiger partial charge is 0.380 e. The number of hydrogen-bond donors (Lipinski definition) is 2. The molecule has 4 rings (SSSR count). The maximum atomic E-state index is 12.6. The van der Waals surface area contributed by atoms with E-state index in [4.69, 9.17) is 4.74 Å². The van der Waals surface area contributed by atoms with Crippen LogP contribution >= 0.6 is 15.9 Å². The van der Waals surface area contributed by atoms with Gasteiger partial charge in [-0.25, -0.2) is 0 Å². The lowest BCUT2D eigenvalue weighted by atomic mass is 10.1. The lowest BCUT2D eigenvalue weighted by Crippen LogP contribution is -2.33. The highest BCUT2D eigenvalue weighted by molar-refractivity contribution is 9.10. The number of carbonyl (C=O) groups is 2. The minimum atomic E-state index is -0.512. The number of aromatic nitrogens is 1. The van der Waals surface area contributed by atoms with E-state index in [-0.39, 0.29) is 11.5 Å². The number of nitrogens with zero attached hydrogens (tertiary/aromatic N) is 1. The molecule has 2 heterocycles. The van der Waals surface area contributed by atoms with Gasteiger partial charge >= 0.3 is 0 Å². The monoisotopic (exact) mass is 469 g/mol. The van der Waals surface area contributed by atoms with Gasteiger partial charge in [-0.05, 0) is 55.0 Å². The summed E-state index contributed by atoms with van der Waals surface area (Å²) < 4.78 is 6.24. The van der Waals surface area contributed by atoms with Crippen LogP contribution in [0.2, 0.25) is 0 Å². The molecule has 7 nitrogen and oxygen atoms in total. The molecular weight excluding hydrogens is 450 g/mol. The summed E-state index contributed by atoms with van der Waals surface area (Å²) >= 11 is 3.39. The van der Waals surface area contributed by atoms with E-state index in [9.17, 15) is 14.4 Å². The van der Waals surface area contributed by atoms with Gasteiger partial charge in [0.1, 0.15) is 5.56 Å². The number of carbonyl (C=O) groups excluding carboxylic acids is 2. The van der Waals surface area contributed by atoms with Gasteiger partial charge in [0.2, 0.25) is 0 Å². The first-order chi connectivity index (χ1) is 14.5. The third kappa shape index (κ3) is 4.44. The second-order valence-corrected chi connectivity index (χ2v) is 7.95. The van der Waals surface area contributed by atoms with Crippen LogP contribution in [0, 0.1) is 0 Å². The molecule has 0 bridgehead atoms. The maximum Gasteiger partial charge on any atom is 0.261 e. The molecular formula is C22H20BrN3O4. The van der Waals surface area contributed by atoms with Crippen LogP contribution in [-0.2, 0) is 4.74 Å². The Hall–Kier alpha value is -2.97. The molecule has 2 aromatic carbocycles. The number of benzene rings is 2. The number of nitrogens with one attached hydrogen (secondary N) is 2. The summed E-state index contributed by atoms with van der Waals surface area (Å²) in [4.78, 5) is 42.1. The molecule has 1 aliphatic heterocycles. The molecule has 154 valence electrons. The number of rotatable bonds is 3. The lowest BCUT2D eigenvalue weighted by molar-refractivity contribution is 0.0741. The number of fused-ring (bicyclic) bond motifs is 1. The van der Waals surface area contributed by atoms with E-state index in [0.717, 1.165) is 16.3 Å². The lowest BCUT2D eigenvalue weighted by Gasteiger charge is -2.19. The van der Waals surface area contributed by atoms with Gasteiger partial charge in [-0.3, -0.25) is 14.4 Å². The van der Waals surface area contributed by atoms with Crippen molar-refractivity contribution in [2.45, 2.75) is 6.42 Å². The van der Waals surface area contributed by atoms with Gasteiger partial charge < -0.3 is 19.9 Å².